The van der Waals surface area contributed by atoms with Gasteiger partial charge in [-0.2, -0.15) is 0 Å². The largest absolute Gasteiger partial charge is 0.339 e. The fourth-order valence-corrected chi connectivity index (χ4v) is 4.37. The number of rotatable bonds is 5. The zero-order valence-corrected chi connectivity index (χ0v) is 18.2. The van der Waals surface area contributed by atoms with E-state index in [1.807, 2.05) is 17.0 Å². The monoisotopic (exact) mass is 465 g/mol. The maximum Gasteiger partial charge on any atom is 0.251 e. The number of amides is 1. The second-order valence-electron chi connectivity index (χ2n) is 7.45. The molecule has 0 bridgehead atoms. The van der Waals surface area contributed by atoms with Crippen LogP contribution in [0, 0.1) is 0 Å². The van der Waals surface area contributed by atoms with Gasteiger partial charge in [0.05, 0.1) is 6.04 Å². The molecule has 1 aliphatic rings. The Kier molecular flexibility index (Phi) is 6.45. The van der Waals surface area contributed by atoms with E-state index in [-0.39, 0.29) is 24.1 Å². The third kappa shape index (κ3) is 4.71. The molecule has 1 saturated heterocycles. The van der Waals surface area contributed by atoms with Crippen molar-refractivity contribution < 1.29 is 4.79 Å². The van der Waals surface area contributed by atoms with Crippen LogP contribution in [0.1, 0.15) is 17.2 Å². The van der Waals surface area contributed by atoms with Gasteiger partial charge in [-0.1, -0.05) is 60.7 Å². The Morgan fingerprint density at radius 1 is 0.833 bits per heavy atom. The third-order valence-electron chi connectivity index (χ3n) is 5.52. The number of pyridine rings is 1. The lowest BCUT2D eigenvalue weighted by atomic mass is 9.96. The molecular weight excluding hydrogens is 442 g/mol. The highest BCUT2D eigenvalue weighted by Gasteiger charge is 2.28. The second kappa shape index (κ2) is 9.41. The van der Waals surface area contributed by atoms with Gasteiger partial charge in [0.2, 0.25) is 5.91 Å². The van der Waals surface area contributed by atoms with Crippen molar-refractivity contribution in [2.45, 2.75) is 12.6 Å². The number of carbonyl (C=O) groups excluding carboxylic acids is 1. The summed E-state index contributed by atoms with van der Waals surface area (Å²) in [6.45, 7) is 2.94. The molecule has 2 aromatic carbocycles. The normalized spacial score (nSPS) is 14.8. The van der Waals surface area contributed by atoms with Crippen LogP contribution in [0.25, 0.3) is 0 Å². The van der Waals surface area contributed by atoms with E-state index in [1.54, 1.807) is 12.3 Å². The first-order valence-electron chi connectivity index (χ1n) is 10.1. The summed E-state index contributed by atoms with van der Waals surface area (Å²) in [6.07, 6.45) is 1.66. The van der Waals surface area contributed by atoms with Crippen molar-refractivity contribution in [1.29, 1.82) is 0 Å². The van der Waals surface area contributed by atoms with Gasteiger partial charge in [0.15, 0.2) is 0 Å². The SMILES string of the molecule is O=C(Cn1cc(Br)ccc1=O)N1CCN(C(c2ccccc2)c2ccccc2)CC1. The van der Waals surface area contributed by atoms with E-state index in [0.717, 1.165) is 17.6 Å². The molecule has 1 aliphatic heterocycles. The first-order chi connectivity index (χ1) is 14.6. The van der Waals surface area contributed by atoms with Gasteiger partial charge in [0.25, 0.3) is 5.56 Å². The molecule has 154 valence electrons. The number of halogens is 1. The molecule has 4 rings (SSSR count). The molecular formula is C24H24BrN3O2. The van der Waals surface area contributed by atoms with E-state index < -0.39 is 0 Å². The van der Waals surface area contributed by atoms with Crippen molar-refractivity contribution in [2.75, 3.05) is 26.2 Å². The van der Waals surface area contributed by atoms with Crippen molar-refractivity contribution in [3.05, 3.63) is 105 Å². The number of hydrogen-bond acceptors (Lipinski definition) is 3. The zero-order valence-electron chi connectivity index (χ0n) is 16.7. The number of nitrogens with zero attached hydrogens (tertiary/aromatic N) is 3. The smallest absolute Gasteiger partial charge is 0.251 e. The highest BCUT2D eigenvalue weighted by molar-refractivity contribution is 9.10. The minimum Gasteiger partial charge on any atom is -0.339 e. The first kappa shape index (κ1) is 20.6. The maximum atomic E-state index is 12.8. The summed E-state index contributed by atoms with van der Waals surface area (Å²) in [5.41, 5.74) is 2.34. The molecule has 5 nitrogen and oxygen atoms in total. The third-order valence-corrected chi connectivity index (χ3v) is 5.98. The molecule has 0 N–H and O–H groups in total. The molecule has 3 aromatic rings. The van der Waals surface area contributed by atoms with E-state index in [4.69, 9.17) is 0 Å². The molecule has 1 amide bonds. The summed E-state index contributed by atoms with van der Waals surface area (Å²) in [6, 6.07) is 24.3. The summed E-state index contributed by atoms with van der Waals surface area (Å²) in [7, 11) is 0. The van der Waals surface area contributed by atoms with Gasteiger partial charge in [0, 0.05) is 42.9 Å². The van der Waals surface area contributed by atoms with Gasteiger partial charge in [-0.15, -0.1) is 0 Å². The van der Waals surface area contributed by atoms with Crippen LogP contribution < -0.4 is 5.56 Å². The average Bonchev–Trinajstić information content (AvgIpc) is 2.78. The van der Waals surface area contributed by atoms with E-state index >= 15 is 0 Å². The Morgan fingerprint density at radius 3 is 1.97 bits per heavy atom. The zero-order chi connectivity index (χ0) is 20.9. The number of carbonyl (C=O) groups is 1. The van der Waals surface area contributed by atoms with Gasteiger partial charge in [-0.3, -0.25) is 14.5 Å². The van der Waals surface area contributed by atoms with Crippen molar-refractivity contribution in [3.63, 3.8) is 0 Å². The fourth-order valence-electron chi connectivity index (χ4n) is 3.99. The summed E-state index contributed by atoms with van der Waals surface area (Å²) < 4.78 is 2.24. The van der Waals surface area contributed by atoms with Crippen molar-refractivity contribution in [1.82, 2.24) is 14.4 Å². The summed E-state index contributed by atoms with van der Waals surface area (Å²) in [5.74, 6) is -0.0224. The number of aromatic nitrogens is 1. The van der Waals surface area contributed by atoms with Crippen LogP contribution in [0.3, 0.4) is 0 Å². The molecule has 2 heterocycles. The number of benzene rings is 2. The summed E-state index contributed by atoms with van der Waals surface area (Å²) in [5, 5.41) is 0. The molecule has 0 radical (unpaired) electrons. The molecule has 0 spiro atoms. The molecule has 30 heavy (non-hydrogen) atoms. The van der Waals surface area contributed by atoms with Gasteiger partial charge < -0.3 is 9.47 Å². The average molecular weight is 466 g/mol. The number of hydrogen-bond donors (Lipinski definition) is 0. The van der Waals surface area contributed by atoms with Crippen LogP contribution in [-0.4, -0.2) is 46.5 Å². The topological polar surface area (TPSA) is 45.6 Å². The van der Waals surface area contributed by atoms with Crippen LogP contribution in [0.15, 0.2) is 88.3 Å². The van der Waals surface area contributed by atoms with Gasteiger partial charge in [-0.05, 0) is 33.1 Å². The number of piperazine rings is 1. The van der Waals surface area contributed by atoms with Crippen LogP contribution >= 0.6 is 15.9 Å². The molecule has 1 fully saturated rings. The Morgan fingerprint density at radius 2 is 1.40 bits per heavy atom. The highest BCUT2D eigenvalue weighted by Crippen LogP contribution is 2.29. The first-order valence-corrected chi connectivity index (χ1v) is 10.9. The Labute approximate surface area is 184 Å². The van der Waals surface area contributed by atoms with Crippen LogP contribution in [0.4, 0.5) is 0 Å². The molecule has 0 saturated carbocycles. The van der Waals surface area contributed by atoms with Crippen molar-refractivity contribution in [2.24, 2.45) is 0 Å². The van der Waals surface area contributed by atoms with E-state index in [9.17, 15) is 9.59 Å². The molecule has 1 aromatic heterocycles. The lowest BCUT2D eigenvalue weighted by Crippen LogP contribution is -2.51. The van der Waals surface area contributed by atoms with E-state index in [0.29, 0.717) is 13.1 Å². The lowest BCUT2D eigenvalue weighted by Gasteiger charge is -2.39. The van der Waals surface area contributed by atoms with Crippen molar-refractivity contribution in [3.8, 4) is 0 Å². The molecule has 0 atom stereocenters. The molecule has 0 unspecified atom stereocenters. The minimum absolute atomic E-state index is 0.0224. The standard InChI is InChI=1S/C24H24BrN3O2/c25-21-11-12-22(29)28(17-21)18-23(30)26-13-15-27(16-14-26)24(19-7-3-1-4-8-19)20-9-5-2-6-10-20/h1-12,17,24H,13-16,18H2. The Bertz CT molecular complexity index is 1010. The molecule has 0 aliphatic carbocycles. The summed E-state index contributed by atoms with van der Waals surface area (Å²) >= 11 is 3.36. The summed E-state index contributed by atoms with van der Waals surface area (Å²) in [4.78, 5) is 29.1. The van der Waals surface area contributed by atoms with E-state index in [2.05, 4.69) is 69.4 Å². The Balaban J connectivity index is 1.46. The quantitative estimate of drug-likeness (QED) is 0.578. The maximum absolute atomic E-state index is 12.8. The minimum atomic E-state index is -0.168. The predicted octanol–water partition coefficient (Wildman–Crippen LogP) is 3.54. The van der Waals surface area contributed by atoms with Crippen LogP contribution in [0.2, 0.25) is 0 Å². The van der Waals surface area contributed by atoms with E-state index in [1.165, 1.54) is 21.8 Å². The van der Waals surface area contributed by atoms with Gasteiger partial charge >= 0.3 is 0 Å². The lowest BCUT2D eigenvalue weighted by molar-refractivity contribution is -0.133. The van der Waals surface area contributed by atoms with Gasteiger partial charge in [-0.25, -0.2) is 0 Å². The Hall–Kier alpha value is -2.70. The predicted molar refractivity (Wildman–Crippen MR) is 121 cm³/mol. The molecule has 6 heteroatoms. The highest BCUT2D eigenvalue weighted by atomic mass is 79.9. The fraction of sp³-hybridized carbons (Fsp3) is 0.250. The van der Waals surface area contributed by atoms with Crippen LogP contribution in [-0.2, 0) is 11.3 Å². The van der Waals surface area contributed by atoms with Crippen LogP contribution in [0.5, 0.6) is 0 Å². The second-order valence-corrected chi connectivity index (χ2v) is 8.37. The van der Waals surface area contributed by atoms with Gasteiger partial charge in [0.1, 0.15) is 6.54 Å². The van der Waals surface area contributed by atoms with Crippen molar-refractivity contribution >= 4 is 21.8 Å².